The fourth-order valence-electron chi connectivity index (χ4n) is 6.01. The number of ether oxygens (including phenoxy) is 4. The number of carbonyl (C=O) groups is 1. The summed E-state index contributed by atoms with van der Waals surface area (Å²) < 4.78 is 30.5. The highest BCUT2D eigenvalue weighted by atomic mass is 35.5. The molecule has 0 bridgehead atoms. The Bertz CT molecular complexity index is 2270. The molecule has 0 aliphatic rings. The van der Waals surface area contributed by atoms with Crippen LogP contribution in [0.5, 0.6) is 23.3 Å². The van der Waals surface area contributed by atoms with Crippen LogP contribution in [0.2, 0.25) is 5.02 Å². The molecular formula is C46H53ClN4O6S. The predicted octanol–water partition coefficient (Wildman–Crippen LogP) is 10.1. The van der Waals surface area contributed by atoms with Crippen molar-refractivity contribution in [1.82, 2.24) is 14.9 Å². The highest BCUT2D eigenvalue weighted by molar-refractivity contribution is 8.29. The number of pyridine rings is 2. The smallest absolute Gasteiger partial charge is 0.220 e. The zero-order valence-electron chi connectivity index (χ0n) is 34.9. The second-order valence-electron chi connectivity index (χ2n) is 15.4. The highest BCUT2D eigenvalue weighted by Crippen LogP contribution is 2.53. The van der Waals surface area contributed by atoms with Crippen LogP contribution in [0.1, 0.15) is 70.1 Å². The summed E-state index contributed by atoms with van der Waals surface area (Å²) in [6.45, 7) is 13.7. The van der Waals surface area contributed by atoms with E-state index in [1.165, 1.54) is 12.3 Å². The minimum Gasteiger partial charge on any atom is -0.488 e. The summed E-state index contributed by atoms with van der Waals surface area (Å²) in [6.07, 6.45) is 8.20. The Morgan fingerprint density at radius 3 is 2.14 bits per heavy atom. The second kappa shape index (κ2) is 19.6. The molecule has 0 aliphatic carbocycles. The van der Waals surface area contributed by atoms with E-state index in [1.807, 2.05) is 30.3 Å². The maximum absolute atomic E-state index is 11.8. The molecule has 5 aromatic rings. The predicted molar refractivity (Wildman–Crippen MR) is 232 cm³/mol. The van der Waals surface area contributed by atoms with Crippen molar-refractivity contribution in [2.24, 2.45) is 0 Å². The van der Waals surface area contributed by atoms with Gasteiger partial charge in [0.05, 0.1) is 29.9 Å². The Morgan fingerprint density at radius 1 is 0.862 bits per heavy atom. The summed E-state index contributed by atoms with van der Waals surface area (Å²) in [5, 5.41) is 9.49. The average molecular weight is 825 g/mol. The summed E-state index contributed by atoms with van der Waals surface area (Å²) in [5.74, 6) is 1.71. The molecule has 0 saturated heterocycles. The number of carbonyl (C=O) groups excluding carboxylic acids is 1. The van der Waals surface area contributed by atoms with E-state index in [0.29, 0.717) is 60.4 Å². The molecule has 0 spiro atoms. The average Bonchev–Trinajstić information content (AvgIpc) is 3.19. The molecule has 0 amide bonds. The molecule has 10 nitrogen and oxygen atoms in total. The molecule has 58 heavy (non-hydrogen) atoms. The largest absolute Gasteiger partial charge is 0.488 e. The lowest BCUT2D eigenvalue weighted by Crippen LogP contribution is -2.29. The fourth-order valence-corrected chi connectivity index (χ4v) is 7.09. The van der Waals surface area contributed by atoms with Crippen molar-refractivity contribution in [3.05, 3.63) is 129 Å². The normalized spacial score (nSPS) is 11.9. The topological polar surface area (TPSA) is 116 Å². The van der Waals surface area contributed by atoms with Gasteiger partial charge in [0, 0.05) is 53.5 Å². The first-order chi connectivity index (χ1) is 27.6. The van der Waals surface area contributed by atoms with Gasteiger partial charge in [-0.15, -0.1) is 10.3 Å². The van der Waals surface area contributed by atoms with Gasteiger partial charge in [-0.2, -0.15) is 10.2 Å². The summed E-state index contributed by atoms with van der Waals surface area (Å²) in [5.41, 5.74) is 8.69. The molecule has 0 saturated carbocycles. The molecule has 2 aromatic heterocycles. The number of aldehydes is 1. The lowest BCUT2D eigenvalue weighted by atomic mass is 9.92. The summed E-state index contributed by atoms with van der Waals surface area (Å²) in [6, 6.07) is 23.1. The number of nitrogens with zero attached hydrogens (tertiary/aromatic N) is 4. The molecule has 0 radical (unpaired) electrons. The van der Waals surface area contributed by atoms with Gasteiger partial charge < -0.3 is 23.1 Å². The zero-order chi connectivity index (χ0) is 42.0. The van der Waals surface area contributed by atoms with Gasteiger partial charge in [0.25, 0.3) is 0 Å². The molecule has 5 rings (SSSR count). The summed E-state index contributed by atoms with van der Waals surface area (Å²) in [4.78, 5) is 22.8. The first-order valence-corrected chi connectivity index (χ1v) is 21.7. The van der Waals surface area contributed by atoms with Crippen LogP contribution in [0.3, 0.4) is 0 Å². The van der Waals surface area contributed by atoms with Crippen molar-refractivity contribution in [3.63, 3.8) is 0 Å². The van der Waals surface area contributed by atoms with Crippen LogP contribution in [0.4, 0.5) is 0 Å². The van der Waals surface area contributed by atoms with Crippen LogP contribution in [0.15, 0.2) is 79.1 Å². The van der Waals surface area contributed by atoms with E-state index in [2.05, 4.69) is 93.3 Å². The lowest BCUT2D eigenvalue weighted by molar-refractivity contribution is 0.111. The molecule has 0 N–H and O–H groups in total. The van der Waals surface area contributed by atoms with E-state index in [-0.39, 0.29) is 28.5 Å². The van der Waals surface area contributed by atoms with Gasteiger partial charge in [-0.3, -0.25) is 14.7 Å². The molecule has 0 aliphatic heterocycles. The van der Waals surface area contributed by atoms with E-state index in [9.17, 15) is 10.1 Å². The fraction of sp³-hybridized carbons (Fsp3) is 0.348. The van der Waals surface area contributed by atoms with Crippen LogP contribution < -0.4 is 18.9 Å². The van der Waals surface area contributed by atoms with Crippen molar-refractivity contribution >= 4 is 28.2 Å². The monoisotopic (exact) mass is 824 g/mol. The van der Waals surface area contributed by atoms with Crippen molar-refractivity contribution in [2.45, 2.75) is 65.7 Å². The van der Waals surface area contributed by atoms with Crippen LogP contribution in [0.25, 0.3) is 11.1 Å². The number of nitriles is 1. The number of aromatic nitrogens is 2. The number of hydrogen-bond donors (Lipinski definition) is 0. The van der Waals surface area contributed by atoms with E-state index >= 15 is 0 Å². The number of rotatable bonds is 18. The van der Waals surface area contributed by atoms with Crippen LogP contribution in [0, 0.1) is 25.2 Å². The van der Waals surface area contributed by atoms with Gasteiger partial charge in [-0.1, -0.05) is 68.8 Å². The first kappa shape index (κ1) is 44.0. The lowest BCUT2D eigenvalue weighted by Gasteiger charge is -2.44. The molecule has 0 atom stereocenters. The van der Waals surface area contributed by atoms with Crippen LogP contribution >= 0.6 is 21.9 Å². The van der Waals surface area contributed by atoms with E-state index in [4.69, 9.17) is 34.7 Å². The number of halogens is 1. The number of methoxy groups -OCH3 is 1. The van der Waals surface area contributed by atoms with E-state index in [0.717, 1.165) is 45.5 Å². The quantitative estimate of drug-likeness (QED) is 0.0791. The maximum atomic E-state index is 11.8. The Balaban J connectivity index is 1.24. The SMILES string of the molecule is COc1nc(OCc2cccc(-c3cccc(COc4cc(OCc5cncc(C#N)c5)c(C=O)cc4Cl)c3C)c2C)ccc1CN(C)CCOS(C)(C)C(C)(C)C. The van der Waals surface area contributed by atoms with Crippen molar-refractivity contribution in [3.8, 4) is 40.5 Å². The van der Waals surface area contributed by atoms with Crippen molar-refractivity contribution in [1.29, 1.82) is 5.26 Å². The van der Waals surface area contributed by atoms with Gasteiger partial charge in [0.15, 0.2) is 6.29 Å². The minimum absolute atomic E-state index is 0.109. The van der Waals surface area contributed by atoms with Gasteiger partial charge in [-0.25, -0.2) is 0 Å². The third-order valence-electron chi connectivity index (χ3n) is 10.3. The number of hydrogen-bond acceptors (Lipinski definition) is 10. The Kier molecular flexibility index (Phi) is 14.8. The Morgan fingerprint density at radius 2 is 1.52 bits per heavy atom. The van der Waals surface area contributed by atoms with Gasteiger partial charge >= 0.3 is 0 Å². The molecule has 2 heterocycles. The zero-order valence-corrected chi connectivity index (χ0v) is 36.4. The van der Waals surface area contributed by atoms with Gasteiger partial charge in [-0.05, 0) is 85.0 Å². The van der Waals surface area contributed by atoms with Gasteiger partial charge in [0.1, 0.15) is 37.4 Å². The molecule has 0 unspecified atom stereocenters. The molecule has 306 valence electrons. The minimum atomic E-state index is -1.17. The summed E-state index contributed by atoms with van der Waals surface area (Å²) in [7, 11) is 2.53. The highest BCUT2D eigenvalue weighted by Gasteiger charge is 2.28. The number of benzene rings is 3. The second-order valence-corrected chi connectivity index (χ2v) is 19.7. The third kappa shape index (κ3) is 11.1. The molecular weight excluding hydrogens is 772 g/mol. The van der Waals surface area contributed by atoms with Gasteiger partial charge in [0.2, 0.25) is 11.8 Å². The standard InChI is InChI=1S/C46H53ClN4O6S/c1-31-36(29-55-43-22-42(38(27-52)21-41(43)47)54-28-34-20-33(23-48)24-49-25-34)12-10-14-39(31)40-15-11-13-37(32(40)2)30-56-44-17-16-35(45(50-44)53-7)26-51(6)18-19-57-58(8,9)46(3,4)5/h10-17,20-22,24-25,27H,18-19,26,28-30H2,1-9H3. The van der Waals surface area contributed by atoms with Crippen LogP contribution in [-0.4, -0.2) is 65.7 Å². The molecule has 0 fully saturated rings. The van der Waals surface area contributed by atoms with E-state index < -0.39 is 10.3 Å². The summed E-state index contributed by atoms with van der Waals surface area (Å²) >= 11 is 6.55. The first-order valence-electron chi connectivity index (χ1n) is 18.9. The van der Waals surface area contributed by atoms with Crippen molar-refractivity contribution in [2.75, 3.05) is 39.8 Å². The Hall–Kier alpha value is -5.12. The number of likely N-dealkylation sites (N-methyl/N-ethyl adjacent to an activating group) is 1. The van der Waals surface area contributed by atoms with E-state index in [1.54, 1.807) is 25.4 Å². The molecule has 12 heteroatoms. The van der Waals surface area contributed by atoms with Crippen molar-refractivity contribution < 1.29 is 27.9 Å². The Labute approximate surface area is 349 Å². The molecule has 3 aromatic carbocycles. The third-order valence-corrected chi connectivity index (χ3v) is 14.3. The maximum Gasteiger partial charge on any atom is 0.220 e. The van der Waals surface area contributed by atoms with Crippen LogP contribution in [-0.2, 0) is 30.5 Å².